The third kappa shape index (κ3) is 8.12. The summed E-state index contributed by atoms with van der Waals surface area (Å²) in [5.41, 5.74) is 9.85. The molecule has 5 amide bonds. The molecule has 2 aromatic carbocycles. The Bertz CT molecular complexity index is 1600. The van der Waals surface area contributed by atoms with Crippen LogP contribution >= 0.6 is 0 Å². The maximum Gasteiger partial charge on any atom is 0.416 e. The lowest BCUT2D eigenvalue weighted by Gasteiger charge is -2.37. The van der Waals surface area contributed by atoms with Gasteiger partial charge in [0.1, 0.15) is 23.0 Å². The summed E-state index contributed by atoms with van der Waals surface area (Å²) < 4.78 is 61.3. The zero-order valence-electron chi connectivity index (χ0n) is 25.3. The molecule has 3 rings (SSSR count). The van der Waals surface area contributed by atoms with Crippen LogP contribution in [0.2, 0.25) is 0 Å². The zero-order valence-corrected chi connectivity index (χ0v) is 25.3. The molecule has 1 fully saturated rings. The minimum absolute atomic E-state index is 0.0365. The number of nitrogens with one attached hydrogen (secondary N) is 4. The average Bonchev–Trinajstić information content (AvgIpc) is 2.98. The number of anilines is 2. The van der Waals surface area contributed by atoms with Crippen molar-refractivity contribution in [1.82, 2.24) is 20.0 Å². The fourth-order valence-electron chi connectivity index (χ4n) is 4.25. The number of hydrogen-bond donors (Lipinski definition) is 6. The molecule has 2 aromatic rings. The van der Waals surface area contributed by atoms with Crippen LogP contribution in [0.5, 0.6) is 0 Å². The summed E-state index contributed by atoms with van der Waals surface area (Å²) in [6.45, 7) is -1.10. The van der Waals surface area contributed by atoms with Crippen molar-refractivity contribution in [2.45, 2.75) is 12.7 Å². The highest BCUT2D eigenvalue weighted by atomic mass is 19.4. The number of likely N-dealkylation sites (N-methyl/N-ethyl adjacent to an activating group) is 1. The third-order valence-corrected chi connectivity index (χ3v) is 6.44. The van der Waals surface area contributed by atoms with Gasteiger partial charge in [-0.1, -0.05) is 6.07 Å². The Morgan fingerprint density at radius 1 is 1.04 bits per heavy atom. The van der Waals surface area contributed by atoms with E-state index in [0.717, 1.165) is 24.3 Å². The highest BCUT2D eigenvalue weighted by molar-refractivity contribution is 6.30. The molecule has 1 aliphatic rings. The molecule has 1 heterocycles. The maximum atomic E-state index is 14.9. The van der Waals surface area contributed by atoms with Crippen molar-refractivity contribution in [2.75, 3.05) is 45.4 Å². The predicted molar refractivity (Wildman–Crippen MR) is 162 cm³/mol. The maximum absolute atomic E-state index is 14.9. The number of ether oxygens (including phenoxy) is 1. The first-order valence-electron chi connectivity index (χ1n) is 13.4. The largest absolute Gasteiger partial charge is 0.483 e. The first-order valence-corrected chi connectivity index (χ1v) is 13.4. The lowest BCUT2D eigenvalue weighted by molar-refractivity contribution is -0.138. The van der Waals surface area contributed by atoms with Crippen molar-refractivity contribution in [2.24, 2.45) is 11.5 Å². The molecule has 0 bridgehead atoms. The first kappa shape index (κ1) is 34.9. The molecule has 0 spiro atoms. The van der Waals surface area contributed by atoms with Gasteiger partial charge >= 0.3 is 18.2 Å². The van der Waals surface area contributed by atoms with Gasteiger partial charge in [-0.25, -0.2) is 18.9 Å². The zero-order chi connectivity index (χ0) is 34.3. The molecule has 0 radical (unpaired) electrons. The molecule has 13 nitrogen and oxygen atoms in total. The van der Waals surface area contributed by atoms with Crippen LogP contribution in [0, 0.1) is 11.2 Å². The fraction of sp³-hybridized carbons (Fsp3) is 0.241. The van der Waals surface area contributed by atoms with Gasteiger partial charge < -0.3 is 37.1 Å². The molecular formula is C29H33F4N9O4. The van der Waals surface area contributed by atoms with Gasteiger partial charge in [0.05, 0.1) is 19.2 Å². The summed E-state index contributed by atoms with van der Waals surface area (Å²) in [7, 11) is 6.00. The van der Waals surface area contributed by atoms with Gasteiger partial charge in [-0.2, -0.15) is 13.2 Å². The molecule has 0 saturated carbocycles. The number of amides is 5. The molecule has 46 heavy (non-hydrogen) atoms. The molecule has 0 unspecified atom stereocenters. The van der Waals surface area contributed by atoms with Crippen LogP contribution in [-0.4, -0.2) is 73.3 Å². The first-order chi connectivity index (χ1) is 21.6. The minimum Gasteiger partial charge on any atom is -0.483 e. The predicted octanol–water partition coefficient (Wildman–Crippen LogP) is 3.51. The van der Waals surface area contributed by atoms with Crippen molar-refractivity contribution in [3.8, 4) is 0 Å². The standard InChI is InChI=1S/C29H33F4N9O4/c1-37-27(44)39-17-10-8-16(9-11-17)38-21(15-40(2)3)24-25(36)41(14-18-19(29(31,32)33)6-5-7-20(18)30)28(45)42(26(24)43)22(34)12-13-23(35)46-4/h5-13,36,38H,14-15,34-35H2,1-4H3,(H2,37,39,44)/b22-12+,23-13+,24-21+,36-25?. The van der Waals surface area contributed by atoms with E-state index in [1.807, 2.05) is 0 Å². The van der Waals surface area contributed by atoms with Crippen LogP contribution in [0.1, 0.15) is 11.1 Å². The molecular weight excluding hydrogens is 614 g/mol. The van der Waals surface area contributed by atoms with Crippen molar-refractivity contribution < 1.29 is 36.7 Å². The number of halogens is 4. The number of methoxy groups -OCH3 is 1. The Labute approximate surface area is 261 Å². The number of rotatable bonds is 10. The van der Waals surface area contributed by atoms with Gasteiger partial charge in [0.2, 0.25) is 0 Å². The summed E-state index contributed by atoms with van der Waals surface area (Å²) in [6.07, 6.45) is -2.80. The summed E-state index contributed by atoms with van der Waals surface area (Å²) >= 11 is 0. The van der Waals surface area contributed by atoms with Crippen molar-refractivity contribution in [1.29, 1.82) is 5.41 Å². The Morgan fingerprint density at radius 3 is 2.20 bits per heavy atom. The number of nitrogens with zero attached hydrogens (tertiary/aromatic N) is 3. The topological polar surface area (TPSA) is 182 Å². The van der Waals surface area contributed by atoms with Gasteiger partial charge in [-0.3, -0.25) is 15.1 Å². The van der Waals surface area contributed by atoms with Crippen molar-refractivity contribution >= 4 is 35.2 Å². The van der Waals surface area contributed by atoms with Crippen LogP contribution < -0.4 is 27.4 Å². The van der Waals surface area contributed by atoms with Gasteiger partial charge in [0.15, 0.2) is 5.88 Å². The quantitative estimate of drug-likeness (QED) is 0.0980. The van der Waals surface area contributed by atoms with E-state index in [-0.39, 0.29) is 18.1 Å². The third-order valence-electron chi connectivity index (χ3n) is 6.44. The van der Waals surface area contributed by atoms with E-state index in [0.29, 0.717) is 27.2 Å². The van der Waals surface area contributed by atoms with Gasteiger partial charge in [-0.05, 0) is 56.6 Å². The summed E-state index contributed by atoms with van der Waals surface area (Å²) in [5, 5.41) is 16.9. The number of urea groups is 2. The van der Waals surface area contributed by atoms with Crippen molar-refractivity contribution in [3.63, 3.8) is 0 Å². The Kier molecular flexibility index (Phi) is 11.0. The Balaban J connectivity index is 2.21. The van der Waals surface area contributed by atoms with E-state index in [1.165, 1.54) is 14.2 Å². The van der Waals surface area contributed by atoms with Crippen LogP contribution in [0.25, 0.3) is 0 Å². The number of carbonyl (C=O) groups excluding carboxylic acids is 3. The van der Waals surface area contributed by atoms with Crippen LogP contribution in [0.3, 0.4) is 0 Å². The molecule has 246 valence electrons. The van der Waals surface area contributed by atoms with E-state index in [4.69, 9.17) is 21.6 Å². The van der Waals surface area contributed by atoms with Gasteiger partial charge in [0.25, 0.3) is 5.91 Å². The van der Waals surface area contributed by atoms with Crippen LogP contribution in [0.15, 0.2) is 77.6 Å². The normalized spacial score (nSPS) is 15.7. The van der Waals surface area contributed by atoms with E-state index in [9.17, 15) is 31.9 Å². The molecule has 0 aliphatic carbocycles. The van der Waals surface area contributed by atoms with E-state index >= 15 is 0 Å². The number of carbonyl (C=O) groups is 3. The van der Waals surface area contributed by atoms with Gasteiger partial charge in [-0.15, -0.1) is 0 Å². The summed E-state index contributed by atoms with van der Waals surface area (Å²) in [6, 6.07) is 6.75. The number of imide groups is 1. The monoisotopic (exact) mass is 647 g/mol. The SMILES string of the molecule is CNC(=O)Nc1ccc(N/C(CN(C)C)=C2\C(=N)N(Cc3c(F)cccc3C(F)(F)F)C(=O)N(/C(N)=C/C=C(\N)OC)C2=O)cc1. The second-order valence-corrected chi connectivity index (χ2v) is 9.98. The second kappa shape index (κ2) is 14.5. The highest BCUT2D eigenvalue weighted by Gasteiger charge is 2.44. The summed E-state index contributed by atoms with van der Waals surface area (Å²) in [5.74, 6) is -3.82. The number of alkyl halides is 3. The number of hydrogen-bond acceptors (Lipinski definition) is 9. The van der Waals surface area contributed by atoms with Gasteiger partial charge in [0, 0.05) is 42.3 Å². The number of nitrogens with two attached hydrogens (primary N) is 2. The molecule has 0 atom stereocenters. The van der Waals surface area contributed by atoms with E-state index in [2.05, 4.69) is 16.0 Å². The number of allylic oxidation sites excluding steroid dienone is 2. The summed E-state index contributed by atoms with van der Waals surface area (Å²) in [4.78, 5) is 41.8. The minimum atomic E-state index is -5.00. The Morgan fingerprint density at radius 2 is 1.65 bits per heavy atom. The molecule has 0 aromatic heterocycles. The second-order valence-electron chi connectivity index (χ2n) is 9.98. The van der Waals surface area contributed by atoms with Crippen LogP contribution in [-0.2, 0) is 22.3 Å². The van der Waals surface area contributed by atoms with E-state index in [1.54, 1.807) is 43.3 Å². The smallest absolute Gasteiger partial charge is 0.416 e. The average molecular weight is 648 g/mol. The lowest BCUT2D eigenvalue weighted by atomic mass is 10.0. The molecule has 8 N–H and O–H groups in total. The van der Waals surface area contributed by atoms with Crippen LogP contribution in [0.4, 0.5) is 38.5 Å². The Hall–Kier alpha value is -5.58. The molecule has 1 aliphatic heterocycles. The molecule has 1 saturated heterocycles. The number of amidine groups is 1. The highest BCUT2D eigenvalue weighted by Crippen LogP contribution is 2.35. The molecule has 17 heteroatoms. The van der Waals surface area contributed by atoms with Crippen molar-refractivity contribution in [3.05, 3.63) is 94.5 Å². The number of benzene rings is 2. The van der Waals surface area contributed by atoms with E-state index < -0.39 is 64.9 Å². The fourth-order valence-corrected chi connectivity index (χ4v) is 4.25. The lowest BCUT2D eigenvalue weighted by Crippen LogP contribution is -2.57.